The van der Waals surface area contributed by atoms with Gasteiger partial charge in [-0.1, -0.05) is 48.5 Å². The number of benzene rings is 4. The van der Waals surface area contributed by atoms with E-state index in [2.05, 4.69) is 57.0 Å². The van der Waals surface area contributed by atoms with Crippen LogP contribution in [0.5, 0.6) is 5.75 Å². The molecule has 6 N–H and O–H groups in total. The normalized spacial score (nSPS) is 20.9. The molecule has 338 valence electrons. The number of epoxide rings is 1. The number of ether oxygens (including phenoxy) is 2. The summed E-state index contributed by atoms with van der Waals surface area (Å²) in [5.41, 5.74) is 5.76. The molecule has 3 aliphatic rings. The third-order valence-corrected chi connectivity index (χ3v) is 12.7. The highest BCUT2D eigenvalue weighted by atomic mass is 79.9. The molecule has 64 heavy (non-hydrogen) atoms. The zero-order chi connectivity index (χ0) is 45.9. The Kier molecular flexibility index (Phi) is 13.8. The number of aryl methyl sites for hydroxylation is 1. The van der Waals surface area contributed by atoms with Gasteiger partial charge >= 0.3 is 12.3 Å². The summed E-state index contributed by atoms with van der Waals surface area (Å²) >= 11 is 3.59. The smallest absolute Gasteiger partial charge is 0.430 e. The second-order valence-corrected chi connectivity index (χ2v) is 17.5. The van der Waals surface area contributed by atoms with Gasteiger partial charge in [0, 0.05) is 53.8 Å². The second-order valence-electron chi connectivity index (χ2n) is 16.6. The number of quaternary nitrogens is 1. The molecule has 0 radical (unpaired) electrons. The number of carboxylic acids is 1. The minimum atomic E-state index is -5.19. The van der Waals surface area contributed by atoms with Crippen molar-refractivity contribution in [1.29, 1.82) is 0 Å². The van der Waals surface area contributed by atoms with Crippen molar-refractivity contribution in [3.8, 4) is 16.9 Å². The molecule has 8 rings (SSSR count). The number of carboxylic acid groups (broad SMARTS) is 1. The van der Waals surface area contributed by atoms with Gasteiger partial charge in [0.25, 0.3) is 0 Å². The van der Waals surface area contributed by atoms with Gasteiger partial charge in [-0.05, 0) is 87.4 Å². The summed E-state index contributed by atoms with van der Waals surface area (Å²) in [6.45, 7) is 0.706. The zero-order valence-electron chi connectivity index (χ0n) is 34.8. The number of piperidine rings is 1. The van der Waals surface area contributed by atoms with Crippen molar-refractivity contribution in [2.75, 3.05) is 31.3 Å². The lowest BCUT2D eigenvalue weighted by molar-refractivity contribution is -0.938. The lowest BCUT2D eigenvalue weighted by atomic mass is 9.96. The van der Waals surface area contributed by atoms with Crippen LogP contribution >= 0.6 is 15.9 Å². The molecule has 1 unspecified atom stereocenters. The van der Waals surface area contributed by atoms with Crippen LogP contribution in [0.15, 0.2) is 100 Å². The first-order valence-electron chi connectivity index (χ1n) is 20.6. The Morgan fingerprint density at radius 2 is 1.61 bits per heavy atom. The molecular weight excluding hydrogens is 903 g/mol. The summed E-state index contributed by atoms with van der Waals surface area (Å²) in [4.78, 5) is 49.3. The molecule has 6 atom stereocenters. The molecule has 5 aromatic rings. The summed E-state index contributed by atoms with van der Waals surface area (Å²) in [5.74, 6) is -3.16. The van der Waals surface area contributed by atoms with Gasteiger partial charge in [0.05, 0.1) is 37.1 Å². The van der Waals surface area contributed by atoms with Crippen LogP contribution in [0.3, 0.4) is 0 Å². The van der Waals surface area contributed by atoms with Crippen LogP contribution in [0.25, 0.3) is 22.0 Å². The monoisotopic (exact) mass is 949 g/mol. The quantitative estimate of drug-likeness (QED) is 0.0596. The highest BCUT2D eigenvalue weighted by Crippen LogP contribution is 2.51. The van der Waals surface area contributed by atoms with Gasteiger partial charge in [-0.15, -0.1) is 0 Å². The Bertz CT molecular complexity index is 2570. The Morgan fingerprint density at radius 3 is 2.28 bits per heavy atom. The second kappa shape index (κ2) is 19.1. The van der Waals surface area contributed by atoms with Crippen LogP contribution in [0.1, 0.15) is 48.5 Å². The molecule has 3 fully saturated rings. The predicted molar refractivity (Wildman–Crippen MR) is 233 cm³/mol. The number of aromatic nitrogens is 1. The molecule has 2 bridgehead atoms. The first kappa shape index (κ1) is 46.2. The average molecular weight is 951 g/mol. The number of amides is 2. The van der Waals surface area contributed by atoms with Gasteiger partial charge in [-0.2, -0.15) is 13.2 Å². The number of aliphatic carboxylic acids is 1. The zero-order valence-corrected chi connectivity index (χ0v) is 36.4. The Morgan fingerprint density at radius 1 is 0.938 bits per heavy atom. The van der Waals surface area contributed by atoms with E-state index in [1.54, 1.807) is 12.1 Å². The van der Waals surface area contributed by atoms with E-state index in [0.717, 1.165) is 44.1 Å². The number of halogens is 4. The number of rotatable bonds is 13. The van der Waals surface area contributed by atoms with Crippen molar-refractivity contribution in [2.45, 2.75) is 81.3 Å². The third-order valence-electron chi connectivity index (χ3n) is 12.1. The largest absolute Gasteiger partial charge is 0.542 e. The molecule has 1 aromatic heterocycles. The number of anilines is 2. The molecular formula is C46H47BrF3N5O9. The number of H-pyrrole nitrogens is 1. The van der Waals surface area contributed by atoms with Crippen molar-refractivity contribution in [3.63, 3.8) is 0 Å². The fraction of sp³-hybridized carbons (Fsp3) is 0.348. The number of aromatic amines is 1. The van der Waals surface area contributed by atoms with Crippen molar-refractivity contribution in [1.82, 2.24) is 10.3 Å². The maximum Gasteiger partial charge on any atom is 0.430 e. The molecule has 2 amide bonds. The number of phenols is 1. The number of aliphatic hydroxyl groups is 1. The Labute approximate surface area is 374 Å². The van der Waals surface area contributed by atoms with Gasteiger partial charge in [-0.25, -0.2) is 4.79 Å². The minimum absolute atomic E-state index is 0.0576. The summed E-state index contributed by atoms with van der Waals surface area (Å²) in [5, 5.41) is 39.7. The number of nitrogens with zero attached hydrogens (tertiary/aromatic N) is 1. The average Bonchev–Trinajstić information content (AvgIpc) is 4.02. The van der Waals surface area contributed by atoms with Gasteiger partial charge in [0.1, 0.15) is 42.1 Å². The van der Waals surface area contributed by atoms with E-state index < -0.39 is 24.3 Å². The Balaban J connectivity index is 0.000000809. The van der Waals surface area contributed by atoms with Gasteiger partial charge in [0.15, 0.2) is 0 Å². The molecule has 4 aromatic carbocycles. The number of hydrogen-bond donors (Lipinski definition) is 6. The first-order valence-corrected chi connectivity index (χ1v) is 21.4. The topological polar surface area (TPSA) is 205 Å². The number of alkyl halides is 3. The fourth-order valence-electron chi connectivity index (χ4n) is 8.75. The van der Waals surface area contributed by atoms with Crippen molar-refractivity contribution in [2.24, 2.45) is 0 Å². The molecule has 0 aliphatic carbocycles. The van der Waals surface area contributed by atoms with Crippen molar-refractivity contribution >= 4 is 56.2 Å². The number of aromatic hydroxyl groups is 1. The van der Waals surface area contributed by atoms with E-state index in [9.17, 15) is 37.8 Å². The summed E-state index contributed by atoms with van der Waals surface area (Å²) in [7, 11) is 4.51. The number of hydrogen-bond acceptors (Lipinski definition) is 10. The van der Waals surface area contributed by atoms with E-state index in [1.165, 1.54) is 12.1 Å². The third kappa shape index (κ3) is 10.8. The van der Waals surface area contributed by atoms with E-state index in [0.29, 0.717) is 72.4 Å². The predicted octanol–water partition coefficient (Wildman–Crippen LogP) is 6.05. The standard InChI is InChI=1S/C44H46BrN5O7.C2HF3O2/c1-50(2)35-21-28(22-36(50)43-42(35)57-43)56-44(55)48-33-15-11-25(19-31(33)27-8-4-3-5-9-27)7-6-10-39(53)47-34-16-12-26(20-32(34)45)23-46-24-38(52)29-13-17-37(51)41-30(29)14-18-40(54)49-41;3-2(4,5)1(6)7/h3-5,8-9,11-20,28,35-36,38,42-43,46,52H,6-7,10,21-24H2,1-2H3,(H3-,47,48,49,51,53,54,55);(H,6,7)/t28?,35-,36+,38-,42-,43+;/m0./s1. The van der Waals surface area contributed by atoms with Crippen molar-refractivity contribution < 1.29 is 56.8 Å². The van der Waals surface area contributed by atoms with Crippen LogP contribution in [-0.2, 0) is 32.0 Å². The molecule has 14 nitrogen and oxygen atoms in total. The summed E-state index contributed by atoms with van der Waals surface area (Å²) in [6, 6.07) is 28.3. The lowest BCUT2D eigenvalue weighted by Crippen LogP contribution is -2.60. The summed E-state index contributed by atoms with van der Waals surface area (Å²) < 4.78 is 45.1. The van der Waals surface area contributed by atoms with Crippen LogP contribution in [0.2, 0.25) is 0 Å². The molecule has 0 saturated carbocycles. The number of carbonyl (C=O) groups excluding carboxylic acids is 3. The highest BCUT2D eigenvalue weighted by molar-refractivity contribution is 9.10. The molecule has 0 spiro atoms. The van der Waals surface area contributed by atoms with Gasteiger partial charge < -0.3 is 49.7 Å². The van der Waals surface area contributed by atoms with E-state index >= 15 is 0 Å². The maximum atomic E-state index is 13.2. The number of pyridine rings is 1. The van der Waals surface area contributed by atoms with E-state index in [-0.39, 0.29) is 35.4 Å². The number of likely N-dealkylation sites (N-methyl/N-ethyl adjacent to an activating group) is 1. The number of nitrogens with one attached hydrogen (secondary N) is 4. The van der Waals surface area contributed by atoms with Crippen LogP contribution in [0, 0.1) is 0 Å². The first-order chi connectivity index (χ1) is 30.4. The van der Waals surface area contributed by atoms with Crippen molar-refractivity contribution in [3.05, 3.63) is 123 Å². The SMILES string of the molecule is C[N+]1(C)[C@@H]2CC(OC(=O)Nc3ccc(CCCC(=O)Nc4ccc(CNC[C@H](O)c5ccc(O)c6[nH]c(=O)ccc56)cc4Br)cc3-c3ccccc3)C[C@H]1[C@@H]1O[C@@H]12.O=C([O-])C(F)(F)F. The molecule has 3 aliphatic heterocycles. The maximum absolute atomic E-state index is 13.2. The molecule has 18 heteroatoms. The summed E-state index contributed by atoms with van der Waals surface area (Å²) in [6.07, 6.45) is -2.83. The highest BCUT2D eigenvalue weighted by Gasteiger charge is 2.70. The molecule has 3 saturated heterocycles. The fourth-order valence-corrected chi connectivity index (χ4v) is 9.28. The number of carbonyl (C=O) groups is 3. The van der Waals surface area contributed by atoms with Gasteiger partial charge in [0.2, 0.25) is 11.5 Å². The number of fused-ring (bicyclic) bond motifs is 6. The van der Waals surface area contributed by atoms with Crippen LogP contribution < -0.4 is 26.6 Å². The Hall–Kier alpha value is -5.79. The van der Waals surface area contributed by atoms with E-state index in [1.807, 2.05) is 60.7 Å². The number of phenolic OH excluding ortho intramolecular Hbond substituents is 1. The number of aliphatic hydroxyl groups excluding tert-OH is 1. The minimum Gasteiger partial charge on any atom is -0.542 e. The van der Waals surface area contributed by atoms with Gasteiger partial charge in [-0.3, -0.25) is 14.9 Å². The lowest BCUT2D eigenvalue weighted by Gasteiger charge is -2.45. The van der Waals surface area contributed by atoms with E-state index in [4.69, 9.17) is 19.4 Å². The molecule has 4 heterocycles. The van der Waals surface area contributed by atoms with Crippen LogP contribution in [-0.4, -0.2) is 94.9 Å². The van der Waals surface area contributed by atoms with Crippen LogP contribution in [0.4, 0.5) is 29.3 Å². The number of morpholine rings is 1.